The summed E-state index contributed by atoms with van der Waals surface area (Å²) in [6.45, 7) is 2.51. The van der Waals surface area contributed by atoms with Gasteiger partial charge in [-0.3, -0.25) is 4.99 Å². The van der Waals surface area contributed by atoms with Crippen LogP contribution in [0.3, 0.4) is 0 Å². The van der Waals surface area contributed by atoms with Crippen molar-refractivity contribution in [2.24, 2.45) is 4.99 Å². The molecule has 8 heteroatoms. The van der Waals surface area contributed by atoms with E-state index < -0.39 is 11.6 Å². The van der Waals surface area contributed by atoms with Gasteiger partial charge in [-0.25, -0.2) is 13.6 Å². The minimum atomic E-state index is -0.559. The Morgan fingerprint density at radius 3 is 2.17 bits per heavy atom. The molecule has 6 nitrogen and oxygen atoms in total. The highest BCUT2D eigenvalue weighted by Crippen LogP contribution is 2.17. The first-order valence-electron chi connectivity index (χ1n) is 7.58. The molecule has 1 heterocycles. The van der Waals surface area contributed by atoms with Crippen molar-refractivity contribution in [3.05, 3.63) is 34.9 Å². The zero-order valence-electron chi connectivity index (χ0n) is 14.7. The SMILES string of the molecule is C/N=C(/N(C)Cc1cc(F)c(C)c(F)c1)N1CN(C)C(=O)N(C)C1. The van der Waals surface area contributed by atoms with E-state index in [4.69, 9.17) is 0 Å². The van der Waals surface area contributed by atoms with Crippen LogP contribution in [0.15, 0.2) is 17.1 Å². The van der Waals surface area contributed by atoms with Crippen LogP contribution in [0.5, 0.6) is 0 Å². The fourth-order valence-electron chi connectivity index (χ4n) is 2.78. The van der Waals surface area contributed by atoms with E-state index in [0.29, 0.717) is 31.4 Å². The van der Waals surface area contributed by atoms with Gasteiger partial charge in [-0.15, -0.1) is 0 Å². The van der Waals surface area contributed by atoms with Crippen molar-refractivity contribution in [3.63, 3.8) is 0 Å². The molecule has 24 heavy (non-hydrogen) atoms. The summed E-state index contributed by atoms with van der Waals surface area (Å²) in [5, 5.41) is 0. The summed E-state index contributed by atoms with van der Waals surface area (Å²) in [6.07, 6.45) is 0. The van der Waals surface area contributed by atoms with Crippen molar-refractivity contribution in [1.29, 1.82) is 0 Å². The van der Waals surface area contributed by atoms with Crippen molar-refractivity contribution < 1.29 is 13.6 Å². The molecule has 0 bridgehead atoms. The molecule has 1 aliphatic heterocycles. The van der Waals surface area contributed by atoms with Gasteiger partial charge in [-0.1, -0.05) is 0 Å². The molecule has 2 amide bonds. The third-order valence-corrected chi connectivity index (χ3v) is 4.00. The van der Waals surface area contributed by atoms with Crippen molar-refractivity contribution >= 4 is 12.0 Å². The summed E-state index contributed by atoms with van der Waals surface area (Å²) in [5.74, 6) is -0.476. The Bertz CT molecular complexity index is 627. The van der Waals surface area contributed by atoms with Crippen molar-refractivity contribution in [2.45, 2.75) is 13.5 Å². The Labute approximate surface area is 141 Å². The van der Waals surface area contributed by atoms with Crippen LogP contribution in [0.1, 0.15) is 11.1 Å². The van der Waals surface area contributed by atoms with E-state index >= 15 is 0 Å². The Balaban J connectivity index is 2.15. The van der Waals surface area contributed by atoms with E-state index in [0.717, 1.165) is 0 Å². The second kappa shape index (κ2) is 7.02. The van der Waals surface area contributed by atoms with Gasteiger partial charge in [0.15, 0.2) is 5.96 Å². The number of nitrogens with zero attached hydrogens (tertiary/aromatic N) is 5. The molecule has 1 fully saturated rings. The number of halogens is 2. The summed E-state index contributed by atoms with van der Waals surface area (Å²) in [6, 6.07) is 2.60. The molecule has 1 aromatic carbocycles. The van der Waals surface area contributed by atoms with Gasteiger partial charge in [0.05, 0.1) is 13.3 Å². The molecule has 0 N–H and O–H groups in total. The van der Waals surface area contributed by atoms with Crippen molar-refractivity contribution in [3.8, 4) is 0 Å². The lowest BCUT2D eigenvalue weighted by Gasteiger charge is -2.42. The molecule has 0 unspecified atom stereocenters. The molecule has 0 spiro atoms. The predicted molar refractivity (Wildman–Crippen MR) is 88.4 cm³/mol. The van der Waals surface area contributed by atoms with Crippen LogP contribution >= 0.6 is 0 Å². The van der Waals surface area contributed by atoms with Crippen LogP contribution in [0.2, 0.25) is 0 Å². The lowest BCUT2D eigenvalue weighted by atomic mass is 10.1. The number of guanidine groups is 1. The standard InChI is InChI=1S/C16H23F2N5O/c1-11-13(17)6-12(7-14(11)18)8-20(3)15(19-2)23-9-21(4)16(24)22(5)10-23/h6-7H,8-10H2,1-5H3/b19-15-. The Morgan fingerprint density at radius 1 is 1.21 bits per heavy atom. The van der Waals surface area contributed by atoms with Gasteiger partial charge in [0.1, 0.15) is 11.6 Å². The summed E-state index contributed by atoms with van der Waals surface area (Å²) >= 11 is 0. The number of hydrogen-bond donors (Lipinski definition) is 0. The average Bonchev–Trinajstić information content (AvgIpc) is 2.50. The van der Waals surface area contributed by atoms with Crippen LogP contribution in [0.25, 0.3) is 0 Å². The van der Waals surface area contributed by atoms with E-state index in [9.17, 15) is 13.6 Å². The number of aliphatic imine (C=N–C) groups is 1. The Hall–Kier alpha value is -2.38. The second-order valence-electron chi connectivity index (χ2n) is 6.07. The topological polar surface area (TPSA) is 42.4 Å². The lowest BCUT2D eigenvalue weighted by molar-refractivity contribution is 0.0876. The molecule has 0 aliphatic carbocycles. The highest BCUT2D eigenvalue weighted by atomic mass is 19.1. The molecule has 0 aromatic heterocycles. The number of rotatable bonds is 2. The van der Waals surface area contributed by atoms with Gasteiger partial charge < -0.3 is 19.6 Å². The van der Waals surface area contributed by atoms with Crippen LogP contribution in [-0.2, 0) is 6.54 Å². The van der Waals surface area contributed by atoms with Gasteiger partial charge in [-0.2, -0.15) is 0 Å². The highest BCUT2D eigenvalue weighted by Gasteiger charge is 2.28. The Kier molecular flexibility index (Phi) is 5.26. The molecular weight excluding hydrogens is 316 g/mol. The minimum Gasteiger partial charge on any atom is -0.341 e. The lowest BCUT2D eigenvalue weighted by Crippen LogP contribution is -2.59. The van der Waals surface area contributed by atoms with E-state index in [1.54, 1.807) is 42.9 Å². The van der Waals surface area contributed by atoms with Gasteiger partial charge in [-0.05, 0) is 24.6 Å². The molecule has 132 valence electrons. The number of benzene rings is 1. The first kappa shape index (κ1) is 18.0. The third-order valence-electron chi connectivity index (χ3n) is 4.00. The normalized spacial score (nSPS) is 16.0. The van der Waals surface area contributed by atoms with Gasteiger partial charge in [0, 0.05) is 40.3 Å². The molecular formula is C16H23F2N5O. The van der Waals surface area contributed by atoms with E-state index in [2.05, 4.69) is 4.99 Å². The second-order valence-corrected chi connectivity index (χ2v) is 6.07. The largest absolute Gasteiger partial charge is 0.341 e. The van der Waals surface area contributed by atoms with E-state index in [1.807, 2.05) is 4.90 Å². The van der Waals surface area contributed by atoms with E-state index in [1.165, 1.54) is 19.1 Å². The number of carbonyl (C=O) groups is 1. The third kappa shape index (κ3) is 3.58. The van der Waals surface area contributed by atoms with Crippen molar-refractivity contribution in [1.82, 2.24) is 19.6 Å². The van der Waals surface area contributed by atoms with Gasteiger partial charge in [0.25, 0.3) is 0 Å². The molecule has 0 saturated carbocycles. The summed E-state index contributed by atoms with van der Waals surface area (Å²) < 4.78 is 27.4. The maximum absolute atomic E-state index is 13.7. The molecule has 0 atom stereocenters. The zero-order chi connectivity index (χ0) is 18.0. The van der Waals surface area contributed by atoms with Crippen LogP contribution < -0.4 is 0 Å². The van der Waals surface area contributed by atoms with Crippen LogP contribution in [0, 0.1) is 18.6 Å². The minimum absolute atomic E-state index is 0.0172. The quantitative estimate of drug-likeness (QED) is 0.611. The zero-order valence-corrected chi connectivity index (χ0v) is 14.7. The summed E-state index contributed by atoms with van der Waals surface area (Å²) in [5.41, 5.74) is 0.539. The average molecular weight is 339 g/mol. The highest BCUT2D eigenvalue weighted by molar-refractivity contribution is 5.82. The number of hydrogen-bond acceptors (Lipinski definition) is 2. The van der Waals surface area contributed by atoms with E-state index in [-0.39, 0.29) is 11.6 Å². The van der Waals surface area contributed by atoms with Crippen LogP contribution in [-0.4, -0.2) is 73.1 Å². The van der Waals surface area contributed by atoms with Crippen molar-refractivity contribution in [2.75, 3.05) is 41.5 Å². The fourth-order valence-corrected chi connectivity index (χ4v) is 2.78. The predicted octanol–water partition coefficient (Wildman–Crippen LogP) is 1.91. The summed E-state index contributed by atoms with van der Waals surface area (Å²) in [7, 11) is 6.87. The molecule has 1 aliphatic rings. The van der Waals surface area contributed by atoms with Gasteiger partial charge in [0.2, 0.25) is 0 Å². The Morgan fingerprint density at radius 2 is 1.71 bits per heavy atom. The number of carbonyl (C=O) groups excluding carboxylic acids is 1. The molecule has 1 saturated heterocycles. The smallest absolute Gasteiger partial charge is 0.322 e. The summed E-state index contributed by atoms with van der Waals surface area (Å²) in [4.78, 5) is 23.0. The van der Waals surface area contributed by atoms with Crippen LogP contribution in [0.4, 0.5) is 13.6 Å². The fraction of sp³-hybridized carbons (Fsp3) is 0.500. The molecule has 0 radical (unpaired) electrons. The monoisotopic (exact) mass is 339 g/mol. The molecule has 2 rings (SSSR count). The maximum Gasteiger partial charge on any atom is 0.322 e. The molecule has 1 aromatic rings. The first-order chi connectivity index (χ1) is 11.2. The maximum atomic E-state index is 13.7. The number of amides is 2. The number of urea groups is 1. The first-order valence-corrected chi connectivity index (χ1v) is 7.58. The van der Waals surface area contributed by atoms with Gasteiger partial charge >= 0.3 is 6.03 Å².